The van der Waals surface area contributed by atoms with Gasteiger partial charge in [-0.2, -0.15) is 0 Å². The number of benzene rings is 1. The van der Waals surface area contributed by atoms with Crippen molar-refractivity contribution in [2.24, 2.45) is 0 Å². The fourth-order valence-corrected chi connectivity index (χ4v) is 5.69. The van der Waals surface area contributed by atoms with Gasteiger partial charge in [0.15, 0.2) is 28.7 Å². The second-order valence-electron chi connectivity index (χ2n) is 12.5. The van der Waals surface area contributed by atoms with E-state index in [0.717, 1.165) is 5.56 Å². The number of allylic oxidation sites excluding steroid dienone is 1. The van der Waals surface area contributed by atoms with Gasteiger partial charge in [0.1, 0.15) is 6.10 Å². The highest BCUT2D eigenvalue weighted by molar-refractivity contribution is 6.74. The number of carbonyl (C=O) groups excluding carboxylic acids is 2. The van der Waals surface area contributed by atoms with Crippen LogP contribution in [0.15, 0.2) is 35.9 Å². The van der Waals surface area contributed by atoms with Crippen LogP contribution in [-0.2, 0) is 18.4 Å². The van der Waals surface area contributed by atoms with Crippen LogP contribution in [0.25, 0.3) is 0 Å². The minimum Gasteiger partial charge on any atom is -0.410 e. The second kappa shape index (κ2) is 11.4. The van der Waals surface area contributed by atoms with Crippen molar-refractivity contribution < 1.29 is 18.4 Å². The molecular formula is C30H42O4Si2. The van der Waals surface area contributed by atoms with Gasteiger partial charge in [-0.05, 0) is 60.7 Å². The molecule has 36 heavy (non-hydrogen) atoms. The number of carbonyl (C=O) groups is 2. The average molecular weight is 523 g/mol. The number of Topliss-reactive ketones (excluding diaryl/α,β-unsaturated/α-hetero) is 1. The molecule has 0 aliphatic heterocycles. The lowest BCUT2D eigenvalue weighted by atomic mass is 9.96. The maximum Gasteiger partial charge on any atom is 0.194 e. The Balaban J connectivity index is 2.52. The van der Waals surface area contributed by atoms with Gasteiger partial charge in [-0.1, -0.05) is 77.5 Å². The SMILES string of the molecule is CC(C)(C)[Si](C)(C)OC(C#CC1=C[C@@H](O[Si](C)(C)C(C)(C)C)CCC1=O)c1ccccc1C#CC=O. The summed E-state index contributed by atoms with van der Waals surface area (Å²) in [5, 5.41) is 0.0564. The highest BCUT2D eigenvalue weighted by Gasteiger charge is 2.40. The summed E-state index contributed by atoms with van der Waals surface area (Å²) in [4.78, 5) is 23.7. The largest absolute Gasteiger partial charge is 0.410 e. The first-order valence-electron chi connectivity index (χ1n) is 12.6. The van der Waals surface area contributed by atoms with Crippen molar-refractivity contribution in [1.29, 1.82) is 0 Å². The summed E-state index contributed by atoms with van der Waals surface area (Å²) in [5.41, 5.74) is 2.00. The maximum absolute atomic E-state index is 12.8. The number of aldehydes is 1. The zero-order valence-corrected chi connectivity index (χ0v) is 25.7. The molecule has 0 heterocycles. The molecular weight excluding hydrogens is 480 g/mol. The van der Waals surface area contributed by atoms with Crippen LogP contribution in [0.1, 0.15) is 71.6 Å². The standard InChI is InChI=1S/C30H42O4Si2/c1-29(2,3)35(7,8)33-25-18-19-27(32)24(22-25)17-20-28(34-36(9,10)30(4,5)6)26-16-12-11-14-23(26)15-13-21-31/h11-12,14,16,21-22,25,28H,18-19H2,1-10H3/t25-,28?/m0/s1. The molecule has 0 aromatic heterocycles. The summed E-state index contributed by atoms with van der Waals surface area (Å²) in [6, 6.07) is 7.59. The third-order valence-corrected chi connectivity index (χ3v) is 16.6. The molecule has 0 saturated carbocycles. The summed E-state index contributed by atoms with van der Waals surface area (Å²) in [5.74, 6) is 11.9. The molecule has 2 rings (SSSR count). The Labute approximate surface area is 220 Å². The van der Waals surface area contributed by atoms with Crippen LogP contribution in [0, 0.1) is 23.7 Å². The molecule has 0 bridgehead atoms. The zero-order chi connectivity index (χ0) is 27.4. The van der Waals surface area contributed by atoms with E-state index in [2.05, 4.69) is 91.4 Å². The predicted molar refractivity (Wildman–Crippen MR) is 153 cm³/mol. The fourth-order valence-electron chi connectivity index (χ4n) is 3.26. The van der Waals surface area contributed by atoms with E-state index in [-0.39, 0.29) is 22.0 Å². The maximum atomic E-state index is 12.8. The first kappa shape index (κ1) is 30.0. The Morgan fingerprint density at radius 1 is 0.972 bits per heavy atom. The van der Waals surface area contributed by atoms with Gasteiger partial charge in [-0.15, -0.1) is 0 Å². The molecule has 0 radical (unpaired) electrons. The molecule has 4 nitrogen and oxygen atoms in total. The number of rotatable bonds is 5. The van der Waals surface area contributed by atoms with Crippen LogP contribution in [0.4, 0.5) is 0 Å². The Morgan fingerprint density at radius 2 is 1.58 bits per heavy atom. The summed E-state index contributed by atoms with van der Waals surface area (Å²) in [7, 11) is -4.20. The molecule has 0 fully saturated rings. The van der Waals surface area contributed by atoms with E-state index in [1.54, 1.807) is 0 Å². The third-order valence-electron chi connectivity index (χ3n) is 7.63. The van der Waals surface area contributed by atoms with E-state index in [0.29, 0.717) is 30.3 Å². The lowest BCUT2D eigenvalue weighted by Crippen LogP contribution is -2.44. The molecule has 2 atom stereocenters. The lowest BCUT2D eigenvalue weighted by molar-refractivity contribution is -0.116. The summed E-state index contributed by atoms with van der Waals surface area (Å²) >= 11 is 0. The van der Waals surface area contributed by atoms with Crippen LogP contribution in [-0.4, -0.2) is 34.8 Å². The molecule has 1 aromatic carbocycles. The fraction of sp³-hybridized carbons (Fsp3) is 0.533. The van der Waals surface area contributed by atoms with Crippen LogP contribution < -0.4 is 0 Å². The Hall–Kier alpha value is -2.23. The number of hydrogen-bond acceptors (Lipinski definition) is 4. The van der Waals surface area contributed by atoms with Crippen molar-refractivity contribution in [2.75, 3.05) is 0 Å². The van der Waals surface area contributed by atoms with E-state index >= 15 is 0 Å². The van der Waals surface area contributed by atoms with Crippen molar-refractivity contribution >= 4 is 28.7 Å². The summed E-state index contributed by atoms with van der Waals surface area (Å²) < 4.78 is 13.3. The number of hydrogen-bond donors (Lipinski definition) is 0. The van der Waals surface area contributed by atoms with Gasteiger partial charge >= 0.3 is 0 Å². The Morgan fingerprint density at radius 3 is 2.17 bits per heavy atom. The van der Waals surface area contributed by atoms with Crippen LogP contribution >= 0.6 is 0 Å². The van der Waals surface area contributed by atoms with Gasteiger partial charge in [-0.25, -0.2) is 0 Å². The van der Waals surface area contributed by atoms with E-state index < -0.39 is 22.7 Å². The van der Waals surface area contributed by atoms with Gasteiger partial charge in [0.25, 0.3) is 0 Å². The van der Waals surface area contributed by atoms with Gasteiger partial charge in [0.05, 0.1) is 11.7 Å². The molecule has 0 spiro atoms. The molecule has 0 N–H and O–H groups in total. The Kier molecular flexibility index (Phi) is 9.54. The van der Waals surface area contributed by atoms with Gasteiger partial charge < -0.3 is 8.85 Å². The van der Waals surface area contributed by atoms with Crippen molar-refractivity contribution in [1.82, 2.24) is 0 Å². The molecule has 0 amide bonds. The minimum atomic E-state index is -2.22. The second-order valence-corrected chi connectivity index (χ2v) is 22.0. The quantitative estimate of drug-likeness (QED) is 0.238. The van der Waals surface area contributed by atoms with Crippen LogP contribution in [0.3, 0.4) is 0 Å². The van der Waals surface area contributed by atoms with Crippen molar-refractivity contribution in [3.05, 3.63) is 47.0 Å². The molecule has 0 saturated heterocycles. The summed E-state index contributed by atoms with van der Waals surface area (Å²) in [6.45, 7) is 22.0. The van der Waals surface area contributed by atoms with E-state index in [9.17, 15) is 9.59 Å². The van der Waals surface area contributed by atoms with E-state index in [1.807, 2.05) is 30.3 Å². The molecule has 1 aromatic rings. The molecule has 6 heteroatoms. The predicted octanol–water partition coefficient (Wildman–Crippen LogP) is 6.98. The van der Waals surface area contributed by atoms with E-state index in [4.69, 9.17) is 8.85 Å². The zero-order valence-electron chi connectivity index (χ0n) is 23.7. The van der Waals surface area contributed by atoms with Crippen molar-refractivity contribution in [3.8, 4) is 23.7 Å². The summed E-state index contributed by atoms with van der Waals surface area (Å²) in [6.07, 6.45) is 2.91. The monoisotopic (exact) mass is 522 g/mol. The van der Waals surface area contributed by atoms with Gasteiger partial charge in [0, 0.05) is 17.5 Å². The first-order valence-corrected chi connectivity index (χ1v) is 18.5. The number of ketones is 1. The molecule has 1 aliphatic rings. The first-order chi connectivity index (χ1) is 16.5. The van der Waals surface area contributed by atoms with Crippen LogP contribution in [0.5, 0.6) is 0 Å². The Bertz CT molecular complexity index is 1130. The van der Waals surface area contributed by atoms with Gasteiger partial charge in [-0.3, -0.25) is 9.59 Å². The lowest BCUT2D eigenvalue weighted by Gasteiger charge is -2.39. The third kappa shape index (κ3) is 7.64. The average Bonchev–Trinajstić information content (AvgIpc) is 2.75. The normalized spacial score (nSPS) is 17.8. The highest BCUT2D eigenvalue weighted by Crippen LogP contribution is 2.40. The molecule has 194 valence electrons. The highest BCUT2D eigenvalue weighted by atomic mass is 28.4. The van der Waals surface area contributed by atoms with E-state index in [1.165, 1.54) is 0 Å². The topological polar surface area (TPSA) is 52.6 Å². The van der Waals surface area contributed by atoms with Crippen molar-refractivity contribution in [2.45, 2.75) is 103 Å². The smallest absolute Gasteiger partial charge is 0.194 e. The molecule has 1 unspecified atom stereocenters. The minimum absolute atomic E-state index is 0.0294. The van der Waals surface area contributed by atoms with Crippen LogP contribution in [0.2, 0.25) is 36.3 Å². The van der Waals surface area contributed by atoms with Gasteiger partial charge in [0.2, 0.25) is 0 Å². The van der Waals surface area contributed by atoms with Crippen molar-refractivity contribution in [3.63, 3.8) is 0 Å². The molecule has 1 aliphatic carbocycles.